The fourth-order valence-corrected chi connectivity index (χ4v) is 6.83. The standard InChI is InChI=1S/C20H23N5O.C19H24F3N5O/c26-20(6-4-12-25-10-1-2-11-25)22-19-14-18(23-24-19)16-7-8-17-15(13-16)5-3-9-21-17;1-13-14(7-8-16(23-13)19(20,21)22)15-12-17(26-25-15)24-18(28)6-5-11-27-9-3-2-4-10-27/h3,5,7-9,13-14H,1-2,4,6,10-12H2,(H2,22,23,24,26);7-8,12H,2-6,9-11H2,1H3,(H2,24,25,26,28). The van der Waals surface area contributed by atoms with E-state index in [2.05, 4.69) is 56.9 Å². The summed E-state index contributed by atoms with van der Waals surface area (Å²) in [5.41, 5.74) is 3.17. The van der Waals surface area contributed by atoms with Crippen molar-refractivity contribution in [3.8, 4) is 22.5 Å². The lowest BCUT2D eigenvalue weighted by molar-refractivity contribution is -0.141. The molecule has 2 amide bonds. The van der Waals surface area contributed by atoms with Gasteiger partial charge in [-0.3, -0.25) is 24.8 Å². The minimum absolute atomic E-state index is 0.0185. The minimum atomic E-state index is -4.48. The smallest absolute Gasteiger partial charge is 0.309 e. The number of likely N-dealkylation sites (tertiary alicyclic amines) is 2. The zero-order valence-electron chi connectivity index (χ0n) is 30.5. The Morgan fingerprint density at radius 3 is 1.96 bits per heavy atom. The molecule has 0 saturated carbocycles. The van der Waals surface area contributed by atoms with Gasteiger partial charge in [0.15, 0.2) is 11.6 Å². The third-order valence-electron chi connectivity index (χ3n) is 9.67. The number of benzene rings is 1. The predicted octanol–water partition coefficient (Wildman–Crippen LogP) is 7.44. The monoisotopic (exact) mass is 744 g/mol. The molecule has 1 aromatic carbocycles. The fraction of sp³-hybridized carbons (Fsp3) is 0.436. The minimum Gasteiger partial charge on any atom is -0.309 e. The van der Waals surface area contributed by atoms with E-state index in [1.807, 2.05) is 30.3 Å². The van der Waals surface area contributed by atoms with Gasteiger partial charge in [0.05, 0.1) is 16.9 Å². The maximum absolute atomic E-state index is 12.7. The second-order valence-electron chi connectivity index (χ2n) is 13.8. The van der Waals surface area contributed by atoms with Gasteiger partial charge in [-0.05, 0) is 115 Å². The van der Waals surface area contributed by atoms with E-state index in [1.165, 1.54) is 58.2 Å². The molecule has 6 heterocycles. The first kappa shape index (κ1) is 38.6. The first-order valence-electron chi connectivity index (χ1n) is 18.7. The molecule has 54 heavy (non-hydrogen) atoms. The van der Waals surface area contributed by atoms with Crippen molar-refractivity contribution in [1.82, 2.24) is 40.2 Å². The number of rotatable bonds is 12. The van der Waals surface area contributed by atoms with E-state index in [-0.39, 0.29) is 17.5 Å². The van der Waals surface area contributed by atoms with E-state index in [4.69, 9.17) is 0 Å². The summed E-state index contributed by atoms with van der Waals surface area (Å²) in [4.78, 5) is 37.0. The lowest BCUT2D eigenvalue weighted by Crippen LogP contribution is -2.31. The highest BCUT2D eigenvalue weighted by atomic mass is 19.4. The number of aromatic nitrogens is 6. The predicted molar refractivity (Wildman–Crippen MR) is 203 cm³/mol. The number of halogens is 3. The summed E-state index contributed by atoms with van der Waals surface area (Å²) >= 11 is 0. The molecule has 5 aromatic rings. The zero-order valence-corrected chi connectivity index (χ0v) is 30.5. The Kier molecular flexibility index (Phi) is 13.0. The number of nitrogens with zero attached hydrogens (tertiary/aromatic N) is 6. The molecule has 4 N–H and O–H groups in total. The van der Waals surface area contributed by atoms with Crippen LogP contribution in [0.3, 0.4) is 0 Å². The van der Waals surface area contributed by atoms with Crippen LogP contribution in [0.5, 0.6) is 0 Å². The summed E-state index contributed by atoms with van der Waals surface area (Å²) in [7, 11) is 0. The van der Waals surface area contributed by atoms with E-state index in [0.717, 1.165) is 67.2 Å². The van der Waals surface area contributed by atoms with Crippen molar-refractivity contribution in [3.05, 3.63) is 72.2 Å². The number of fused-ring (bicyclic) bond motifs is 1. The number of anilines is 2. The summed E-state index contributed by atoms with van der Waals surface area (Å²) in [5, 5.41) is 20.7. The van der Waals surface area contributed by atoms with Crippen molar-refractivity contribution in [2.45, 2.75) is 70.9 Å². The molecule has 286 valence electrons. The highest BCUT2D eigenvalue weighted by Gasteiger charge is 2.32. The number of hydrogen-bond donors (Lipinski definition) is 4. The van der Waals surface area contributed by atoms with E-state index >= 15 is 0 Å². The van der Waals surface area contributed by atoms with Crippen molar-refractivity contribution in [2.75, 3.05) is 49.9 Å². The van der Waals surface area contributed by atoms with Crippen LogP contribution in [-0.2, 0) is 15.8 Å². The van der Waals surface area contributed by atoms with Gasteiger partial charge in [-0.15, -0.1) is 0 Å². The maximum atomic E-state index is 12.7. The molecule has 0 bridgehead atoms. The summed E-state index contributed by atoms with van der Waals surface area (Å²) in [6.07, 6.45) is 6.21. The van der Waals surface area contributed by atoms with Gasteiger partial charge in [-0.25, -0.2) is 4.98 Å². The molecule has 0 atom stereocenters. The molecule has 2 fully saturated rings. The highest BCUT2D eigenvalue weighted by Crippen LogP contribution is 2.31. The topological polar surface area (TPSA) is 148 Å². The molecule has 2 aliphatic rings. The SMILES string of the molecule is Cc1nc(C(F)(F)F)ccc1-c1cc(NC(=O)CCCN2CCCCC2)n[nH]1.O=C(CCCN1CCCC1)Nc1cc(-c2ccc3ncccc3c2)[nH]n1. The Balaban J connectivity index is 0.000000185. The van der Waals surface area contributed by atoms with Crippen molar-refractivity contribution in [1.29, 1.82) is 0 Å². The number of aromatic amines is 2. The molecule has 0 radical (unpaired) electrons. The summed E-state index contributed by atoms with van der Waals surface area (Å²) in [6.45, 7) is 7.97. The molecule has 15 heteroatoms. The Labute approximate surface area is 312 Å². The van der Waals surface area contributed by atoms with Crippen molar-refractivity contribution >= 4 is 34.4 Å². The van der Waals surface area contributed by atoms with Crippen molar-refractivity contribution in [3.63, 3.8) is 0 Å². The Bertz CT molecular complexity index is 2000. The average molecular weight is 745 g/mol. The van der Waals surface area contributed by atoms with Gasteiger partial charge < -0.3 is 20.4 Å². The van der Waals surface area contributed by atoms with Crippen molar-refractivity contribution in [2.24, 2.45) is 0 Å². The first-order valence-corrected chi connectivity index (χ1v) is 18.7. The van der Waals surface area contributed by atoms with Gasteiger partial charge in [0, 0.05) is 53.4 Å². The number of alkyl halides is 3. The molecule has 4 aromatic heterocycles. The van der Waals surface area contributed by atoms with E-state index in [1.54, 1.807) is 12.3 Å². The van der Waals surface area contributed by atoms with Gasteiger partial charge in [0.25, 0.3) is 0 Å². The van der Waals surface area contributed by atoms with Crippen LogP contribution in [0, 0.1) is 6.92 Å². The lowest BCUT2D eigenvalue weighted by atomic mass is 10.1. The quantitative estimate of drug-likeness (QED) is 0.103. The Morgan fingerprint density at radius 2 is 1.35 bits per heavy atom. The van der Waals surface area contributed by atoms with Gasteiger partial charge in [0.2, 0.25) is 11.8 Å². The van der Waals surface area contributed by atoms with Crippen LogP contribution in [0.25, 0.3) is 33.4 Å². The van der Waals surface area contributed by atoms with Crippen LogP contribution in [0.2, 0.25) is 0 Å². The number of hydrogen-bond acceptors (Lipinski definition) is 8. The molecule has 12 nitrogen and oxygen atoms in total. The first-order chi connectivity index (χ1) is 26.1. The second kappa shape index (κ2) is 18.3. The van der Waals surface area contributed by atoms with Crippen LogP contribution in [-0.4, -0.2) is 91.2 Å². The lowest BCUT2D eigenvalue weighted by Gasteiger charge is -2.26. The zero-order chi connectivity index (χ0) is 37.9. The van der Waals surface area contributed by atoms with Gasteiger partial charge in [-0.2, -0.15) is 23.4 Å². The van der Waals surface area contributed by atoms with Crippen LogP contribution in [0.4, 0.5) is 24.8 Å². The Morgan fingerprint density at radius 1 is 0.759 bits per heavy atom. The molecule has 0 unspecified atom stereocenters. The number of carbonyl (C=O) groups excluding carboxylic acids is 2. The molecule has 2 saturated heterocycles. The van der Waals surface area contributed by atoms with Gasteiger partial charge >= 0.3 is 6.18 Å². The Hall–Kier alpha value is -5.15. The number of amides is 2. The van der Waals surface area contributed by atoms with E-state index in [9.17, 15) is 22.8 Å². The second-order valence-corrected chi connectivity index (χ2v) is 13.8. The molecular formula is C39H47F3N10O2. The van der Waals surface area contributed by atoms with Crippen LogP contribution >= 0.6 is 0 Å². The summed E-state index contributed by atoms with van der Waals surface area (Å²) < 4.78 is 38.2. The third-order valence-corrected chi connectivity index (χ3v) is 9.67. The number of aryl methyl sites for hydroxylation is 1. The number of carbonyl (C=O) groups is 2. The number of piperidine rings is 1. The largest absolute Gasteiger partial charge is 0.433 e. The van der Waals surface area contributed by atoms with E-state index in [0.29, 0.717) is 35.7 Å². The number of pyridine rings is 2. The van der Waals surface area contributed by atoms with Gasteiger partial charge in [0.1, 0.15) is 5.69 Å². The molecule has 0 spiro atoms. The fourth-order valence-electron chi connectivity index (χ4n) is 6.83. The summed E-state index contributed by atoms with van der Waals surface area (Å²) in [6, 6.07) is 15.8. The molecular weight excluding hydrogens is 697 g/mol. The van der Waals surface area contributed by atoms with Crippen LogP contribution in [0.1, 0.15) is 69.2 Å². The van der Waals surface area contributed by atoms with Crippen LogP contribution in [0.15, 0.2) is 60.8 Å². The molecule has 0 aliphatic carbocycles. The number of nitrogens with one attached hydrogen (secondary N) is 4. The normalized spacial score (nSPS) is 15.2. The van der Waals surface area contributed by atoms with Gasteiger partial charge in [-0.1, -0.05) is 18.6 Å². The maximum Gasteiger partial charge on any atom is 0.433 e. The summed E-state index contributed by atoms with van der Waals surface area (Å²) in [5.74, 6) is 0.803. The number of H-pyrrole nitrogens is 2. The molecule has 2 aliphatic heterocycles. The molecule has 7 rings (SSSR count). The average Bonchev–Trinajstić information content (AvgIpc) is 3.96. The third kappa shape index (κ3) is 10.9. The highest BCUT2D eigenvalue weighted by molar-refractivity contribution is 5.91. The van der Waals surface area contributed by atoms with Crippen molar-refractivity contribution < 1.29 is 22.8 Å². The van der Waals surface area contributed by atoms with Crippen LogP contribution < -0.4 is 10.6 Å². The van der Waals surface area contributed by atoms with E-state index < -0.39 is 11.9 Å².